The molecule has 0 spiro atoms. The van der Waals surface area contributed by atoms with Gasteiger partial charge >= 0.3 is 0 Å². The van der Waals surface area contributed by atoms with Crippen molar-refractivity contribution in [3.63, 3.8) is 0 Å². The van der Waals surface area contributed by atoms with E-state index in [1.54, 1.807) is 13.2 Å². The molecule has 0 radical (unpaired) electrons. The van der Waals surface area contributed by atoms with Crippen LogP contribution in [0.5, 0.6) is 23.0 Å². The number of phenolic OH excluding ortho intramolecular Hbond substituents is 1. The van der Waals surface area contributed by atoms with E-state index >= 15 is 0 Å². The van der Waals surface area contributed by atoms with E-state index in [1.807, 2.05) is 30.3 Å². The van der Waals surface area contributed by atoms with Crippen LogP contribution >= 0.6 is 0 Å². The van der Waals surface area contributed by atoms with Gasteiger partial charge in [0, 0.05) is 11.8 Å². The van der Waals surface area contributed by atoms with E-state index < -0.39 is 0 Å². The van der Waals surface area contributed by atoms with Gasteiger partial charge in [-0.05, 0) is 35.4 Å². The number of fused-ring (bicyclic) bond motifs is 2. The summed E-state index contributed by atoms with van der Waals surface area (Å²) in [6.45, 7) is 1.54. The molecule has 136 valence electrons. The minimum atomic E-state index is -0.0616. The SMILES string of the molecule is COc1cc([C@H]2OC[C@H]3[C@@H]2CO[C@H]3c2ccc3c(c2)OCO3)ccc1O. The zero-order valence-electron chi connectivity index (χ0n) is 14.4. The lowest BCUT2D eigenvalue weighted by Gasteiger charge is -2.17. The first kappa shape index (κ1) is 15.8. The van der Waals surface area contributed by atoms with E-state index in [-0.39, 0.29) is 36.6 Å². The largest absolute Gasteiger partial charge is 0.504 e. The van der Waals surface area contributed by atoms with Crippen LogP contribution in [-0.4, -0.2) is 32.2 Å². The molecule has 6 heteroatoms. The third-order valence-corrected chi connectivity index (χ3v) is 5.52. The minimum absolute atomic E-state index is 0.0153. The Balaban J connectivity index is 1.40. The van der Waals surface area contributed by atoms with Gasteiger partial charge in [0.2, 0.25) is 6.79 Å². The Labute approximate surface area is 151 Å². The molecule has 5 rings (SSSR count). The van der Waals surface area contributed by atoms with Gasteiger partial charge < -0.3 is 28.8 Å². The minimum Gasteiger partial charge on any atom is -0.504 e. The molecule has 0 unspecified atom stereocenters. The molecule has 0 aromatic heterocycles. The standard InChI is InChI=1S/C20H20O6/c1-22-17-6-11(2-4-15(17)21)19-13-8-24-20(14(13)9-23-19)12-3-5-16-18(7-12)26-10-25-16/h2-7,13-14,19-21H,8-10H2,1H3/t13-,14-,19+,20-/m0/s1. The summed E-state index contributed by atoms with van der Waals surface area (Å²) in [6.07, 6.45) is -0.0768. The average molecular weight is 356 g/mol. The van der Waals surface area contributed by atoms with Gasteiger partial charge in [0.05, 0.1) is 32.5 Å². The average Bonchev–Trinajstić information content (AvgIpc) is 3.37. The van der Waals surface area contributed by atoms with Crippen LogP contribution in [0.15, 0.2) is 36.4 Å². The fraction of sp³-hybridized carbons (Fsp3) is 0.400. The second-order valence-corrected chi connectivity index (χ2v) is 6.88. The first-order chi connectivity index (χ1) is 12.7. The molecule has 0 aliphatic carbocycles. The van der Waals surface area contributed by atoms with Crippen molar-refractivity contribution in [1.82, 2.24) is 0 Å². The van der Waals surface area contributed by atoms with Gasteiger partial charge in [0.25, 0.3) is 0 Å². The summed E-state index contributed by atoms with van der Waals surface area (Å²) in [6, 6.07) is 11.4. The highest BCUT2D eigenvalue weighted by molar-refractivity contribution is 5.46. The van der Waals surface area contributed by atoms with Gasteiger partial charge in [-0.1, -0.05) is 12.1 Å². The molecule has 0 saturated carbocycles. The van der Waals surface area contributed by atoms with Crippen molar-refractivity contribution in [1.29, 1.82) is 0 Å². The summed E-state index contributed by atoms with van der Waals surface area (Å²) < 4.78 is 28.4. The summed E-state index contributed by atoms with van der Waals surface area (Å²) in [5.74, 6) is 2.68. The van der Waals surface area contributed by atoms with Crippen LogP contribution in [0.2, 0.25) is 0 Å². The van der Waals surface area contributed by atoms with E-state index in [0.29, 0.717) is 19.0 Å². The van der Waals surface area contributed by atoms with Gasteiger partial charge in [0.15, 0.2) is 23.0 Å². The Bertz CT molecular complexity index is 810. The number of ether oxygens (including phenoxy) is 5. The van der Waals surface area contributed by atoms with Crippen LogP contribution in [0.4, 0.5) is 0 Å². The summed E-state index contributed by atoms with van der Waals surface area (Å²) in [4.78, 5) is 0. The Morgan fingerprint density at radius 1 is 0.885 bits per heavy atom. The van der Waals surface area contributed by atoms with Gasteiger partial charge in [-0.15, -0.1) is 0 Å². The molecule has 2 aromatic rings. The predicted octanol–water partition coefficient (Wildman–Crippen LogP) is 3.20. The van der Waals surface area contributed by atoms with Crippen LogP contribution < -0.4 is 14.2 Å². The van der Waals surface area contributed by atoms with Crippen molar-refractivity contribution < 1.29 is 28.8 Å². The first-order valence-corrected chi connectivity index (χ1v) is 8.74. The molecule has 2 fully saturated rings. The second kappa shape index (κ2) is 6.07. The maximum absolute atomic E-state index is 9.82. The highest BCUT2D eigenvalue weighted by Crippen LogP contribution is 2.51. The van der Waals surface area contributed by atoms with Crippen LogP contribution in [-0.2, 0) is 9.47 Å². The third-order valence-electron chi connectivity index (χ3n) is 5.52. The van der Waals surface area contributed by atoms with Gasteiger partial charge in [-0.2, -0.15) is 0 Å². The molecular formula is C20H20O6. The predicted molar refractivity (Wildman–Crippen MR) is 91.6 cm³/mol. The Kier molecular flexibility index (Phi) is 3.69. The van der Waals surface area contributed by atoms with Crippen molar-refractivity contribution in [2.75, 3.05) is 27.1 Å². The lowest BCUT2D eigenvalue weighted by Crippen LogP contribution is -2.14. The lowest BCUT2D eigenvalue weighted by atomic mass is 9.85. The Morgan fingerprint density at radius 3 is 2.27 bits per heavy atom. The molecule has 0 bridgehead atoms. The van der Waals surface area contributed by atoms with Crippen molar-refractivity contribution in [2.24, 2.45) is 11.8 Å². The van der Waals surface area contributed by atoms with E-state index in [4.69, 9.17) is 23.7 Å². The quantitative estimate of drug-likeness (QED) is 0.911. The zero-order chi connectivity index (χ0) is 17.7. The maximum atomic E-state index is 9.82. The van der Waals surface area contributed by atoms with Crippen LogP contribution in [0, 0.1) is 11.8 Å². The molecular weight excluding hydrogens is 336 g/mol. The Morgan fingerprint density at radius 2 is 1.54 bits per heavy atom. The lowest BCUT2D eigenvalue weighted by molar-refractivity contribution is 0.0191. The normalized spacial score (nSPS) is 29.0. The topological polar surface area (TPSA) is 66.4 Å². The summed E-state index contributed by atoms with van der Waals surface area (Å²) in [5.41, 5.74) is 2.09. The number of benzene rings is 2. The zero-order valence-corrected chi connectivity index (χ0v) is 14.4. The van der Waals surface area contributed by atoms with Crippen LogP contribution in [0.1, 0.15) is 23.3 Å². The number of hydrogen-bond donors (Lipinski definition) is 1. The van der Waals surface area contributed by atoms with Crippen molar-refractivity contribution in [3.05, 3.63) is 47.5 Å². The number of rotatable bonds is 3. The summed E-state index contributed by atoms with van der Waals surface area (Å²) >= 11 is 0. The molecule has 3 aliphatic heterocycles. The second-order valence-electron chi connectivity index (χ2n) is 6.88. The van der Waals surface area contributed by atoms with E-state index in [1.165, 1.54) is 0 Å². The van der Waals surface area contributed by atoms with Crippen LogP contribution in [0.25, 0.3) is 0 Å². The highest BCUT2D eigenvalue weighted by Gasteiger charge is 2.48. The van der Waals surface area contributed by atoms with Gasteiger partial charge in [0.1, 0.15) is 0 Å². The van der Waals surface area contributed by atoms with Gasteiger partial charge in [-0.3, -0.25) is 0 Å². The van der Waals surface area contributed by atoms with Gasteiger partial charge in [-0.25, -0.2) is 0 Å². The fourth-order valence-corrected chi connectivity index (χ4v) is 4.20. The third kappa shape index (κ3) is 2.40. The monoisotopic (exact) mass is 356 g/mol. The smallest absolute Gasteiger partial charge is 0.231 e. The molecule has 0 amide bonds. The molecule has 6 nitrogen and oxygen atoms in total. The molecule has 2 aromatic carbocycles. The molecule has 26 heavy (non-hydrogen) atoms. The molecule has 3 aliphatic rings. The number of phenols is 1. The maximum Gasteiger partial charge on any atom is 0.231 e. The highest BCUT2D eigenvalue weighted by atomic mass is 16.7. The molecule has 1 N–H and O–H groups in total. The number of aromatic hydroxyl groups is 1. The summed E-state index contributed by atoms with van der Waals surface area (Å²) in [5, 5.41) is 9.82. The molecule has 3 heterocycles. The Hall–Kier alpha value is -2.44. The number of methoxy groups -OCH3 is 1. The fourth-order valence-electron chi connectivity index (χ4n) is 4.20. The van der Waals surface area contributed by atoms with E-state index in [2.05, 4.69) is 0 Å². The van der Waals surface area contributed by atoms with E-state index in [9.17, 15) is 5.11 Å². The van der Waals surface area contributed by atoms with Crippen molar-refractivity contribution in [3.8, 4) is 23.0 Å². The number of hydrogen-bond acceptors (Lipinski definition) is 6. The molecule has 2 saturated heterocycles. The summed E-state index contributed by atoms with van der Waals surface area (Å²) in [7, 11) is 1.55. The van der Waals surface area contributed by atoms with Crippen molar-refractivity contribution >= 4 is 0 Å². The van der Waals surface area contributed by atoms with Crippen molar-refractivity contribution in [2.45, 2.75) is 12.2 Å². The van der Waals surface area contributed by atoms with E-state index in [0.717, 1.165) is 22.6 Å². The molecule has 4 atom stereocenters. The first-order valence-electron chi connectivity index (χ1n) is 8.74. The van der Waals surface area contributed by atoms with Crippen LogP contribution in [0.3, 0.4) is 0 Å².